The van der Waals surface area contributed by atoms with E-state index in [1.54, 1.807) is 0 Å². The lowest BCUT2D eigenvalue weighted by Gasteiger charge is -2.18. The molecule has 6 heteroatoms. The lowest BCUT2D eigenvalue weighted by Crippen LogP contribution is -2.26. The molecule has 1 unspecified atom stereocenters. The number of aromatic nitrogens is 5. The third-order valence-electron chi connectivity index (χ3n) is 3.41. The van der Waals surface area contributed by atoms with Crippen LogP contribution in [0.4, 0.5) is 0 Å². The van der Waals surface area contributed by atoms with E-state index in [1.165, 1.54) is 0 Å². The SMILES string of the molecule is CCCn1nncc1C(NCC)c1cc(CC)nn1C. The molecule has 20 heavy (non-hydrogen) atoms. The van der Waals surface area contributed by atoms with Crippen molar-refractivity contribution >= 4 is 0 Å². The van der Waals surface area contributed by atoms with Crippen molar-refractivity contribution in [1.29, 1.82) is 0 Å². The van der Waals surface area contributed by atoms with Crippen LogP contribution in [0.1, 0.15) is 50.3 Å². The predicted molar refractivity (Wildman–Crippen MR) is 78.4 cm³/mol. The van der Waals surface area contributed by atoms with Gasteiger partial charge in [-0.3, -0.25) is 4.68 Å². The summed E-state index contributed by atoms with van der Waals surface area (Å²) in [5.74, 6) is 0. The van der Waals surface area contributed by atoms with Crippen molar-refractivity contribution in [1.82, 2.24) is 30.1 Å². The van der Waals surface area contributed by atoms with E-state index >= 15 is 0 Å². The van der Waals surface area contributed by atoms with Crippen molar-refractivity contribution in [3.05, 3.63) is 29.3 Å². The molecule has 0 saturated carbocycles. The summed E-state index contributed by atoms with van der Waals surface area (Å²) in [7, 11) is 1.99. The van der Waals surface area contributed by atoms with E-state index in [1.807, 2.05) is 22.6 Å². The number of rotatable bonds is 7. The molecule has 0 aliphatic heterocycles. The molecule has 0 bridgehead atoms. The summed E-state index contributed by atoms with van der Waals surface area (Å²) in [4.78, 5) is 0. The summed E-state index contributed by atoms with van der Waals surface area (Å²) in [6.07, 6.45) is 3.83. The molecule has 2 heterocycles. The largest absolute Gasteiger partial charge is 0.304 e. The fourth-order valence-electron chi connectivity index (χ4n) is 2.43. The molecule has 0 saturated heterocycles. The molecule has 6 nitrogen and oxygen atoms in total. The summed E-state index contributed by atoms with van der Waals surface area (Å²) in [5, 5.41) is 16.3. The number of hydrogen-bond acceptors (Lipinski definition) is 4. The van der Waals surface area contributed by atoms with Gasteiger partial charge in [0.2, 0.25) is 0 Å². The first kappa shape index (κ1) is 14.7. The van der Waals surface area contributed by atoms with Crippen molar-refractivity contribution in [2.75, 3.05) is 6.54 Å². The van der Waals surface area contributed by atoms with Crippen molar-refractivity contribution in [2.24, 2.45) is 7.05 Å². The maximum absolute atomic E-state index is 4.54. The average Bonchev–Trinajstić information content (AvgIpc) is 3.03. The van der Waals surface area contributed by atoms with Crippen molar-refractivity contribution in [3.8, 4) is 0 Å². The van der Waals surface area contributed by atoms with Crippen LogP contribution in [0.2, 0.25) is 0 Å². The maximum atomic E-state index is 4.54. The van der Waals surface area contributed by atoms with Crippen LogP contribution >= 0.6 is 0 Å². The Balaban J connectivity index is 2.39. The molecule has 1 atom stereocenters. The quantitative estimate of drug-likeness (QED) is 0.836. The predicted octanol–water partition coefficient (Wildman–Crippen LogP) is 1.68. The molecule has 0 spiro atoms. The average molecular weight is 276 g/mol. The highest BCUT2D eigenvalue weighted by molar-refractivity contribution is 5.23. The van der Waals surface area contributed by atoms with Crippen LogP contribution in [0, 0.1) is 0 Å². The lowest BCUT2D eigenvalue weighted by molar-refractivity contribution is 0.494. The van der Waals surface area contributed by atoms with Crippen molar-refractivity contribution < 1.29 is 0 Å². The van der Waals surface area contributed by atoms with Gasteiger partial charge < -0.3 is 5.32 Å². The first-order chi connectivity index (χ1) is 9.71. The van der Waals surface area contributed by atoms with Gasteiger partial charge in [-0.1, -0.05) is 26.0 Å². The summed E-state index contributed by atoms with van der Waals surface area (Å²) < 4.78 is 3.93. The Morgan fingerprint density at radius 1 is 1.25 bits per heavy atom. The molecular weight excluding hydrogens is 252 g/mol. The van der Waals surface area contributed by atoms with Crippen molar-refractivity contribution in [2.45, 2.75) is 46.2 Å². The number of aryl methyl sites for hydroxylation is 3. The third-order valence-corrected chi connectivity index (χ3v) is 3.41. The van der Waals surface area contributed by atoms with Gasteiger partial charge in [0.15, 0.2) is 0 Å². The van der Waals surface area contributed by atoms with Crippen LogP contribution in [0.15, 0.2) is 12.3 Å². The Morgan fingerprint density at radius 3 is 2.65 bits per heavy atom. The second-order valence-corrected chi connectivity index (χ2v) is 4.91. The summed E-state index contributed by atoms with van der Waals surface area (Å²) in [6, 6.07) is 2.25. The topological polar surface area (TPSA) is 60.6 Å². The molecular formula is C14H24N6. The summed E-state index contributed by atoms with van der Waals surface area (Å²) in [5.41, 5.74) is 3.36. The van der Waals surface area contributed by atoms with Gasteiger partial charge in [-0.25, -0.2) is 4.68 Å². The Hall–Kier alpha value is -1.69. The molecule has 2 rings (SSSR count). The first-order valence-electron chi connectivity index (χ1n) is 7.35. The van der Waals surface area contributed by atoms with E-state index in [0.29, 0.717) is 0 Å². The second-order valence-electron chi connectivity index (χ2n) is 4.91. The summed E-state index contributed by atoms with van der Waals surface area (Å²) in [6.45, 7) is 8.15. The monoisotopic (exact) mass is 276 g/mol. The zero-order valence-electron chi connectivity index (χ0n) is 12.8. The maximum Gasteiger partial charge on any atom is 0.0935 e. The van der Waals surface area contributed by atoms with E-state index < -0.39 is 0 Å². The Labute approximate surface area is 120 Å². The van der Waals surface area contributed by atoms with Gasteiger partial charge in [0.25, 0.3) is 0 Å². The molecule has 2 aromatic rings. The summed E-state index contributed by atoms with van der Waals surface area (Å²) >= 11 is 0. The second kappa shape index (κ2) is 6.65. The fourth-order valence-corrected chi connectivity index (χ4v) is 2.43. The number of nitrogens with one attached hydrogen (secondary N) is 1. The van der Waals surface area contributed by atoms with Crippen LogP contribution in [0.5, 0.6) is 0 Å². The van der Waals surface area contributed by atoms with E-state index in [-0.39, 0.29) is 6.04 Å². The molecule has 0 fully saturated rings. The van der Waals surface area contributed by atoms with Crippen LogP contribution in [-0.2, 0) is 20.0 Å². The highest BCUT2D eigenvalue weighted by Gasteiger charge is 2.21. The highest BCUT2D eigenvalue weighted by atomic mass is 15.4. The van der Waals surface area contributed by atoms with Gasteiger partial charge in [0, 0.05) is 13.6 Å². The molecule has 1 N–H and O–H groups in total. The minimum Gasteiger partial charge on any atom is -0.304 e. The minimum absolute atomic E-state index is 0.0827. The zero-order valence-corrected chi connectivity index (χ0v) is 12.8. The Kier molecular flexibility index (Phi) is 4.89. The standard InChI is InChI=1S/C14H24N6/c1-5-8-20-13(10-16-18-20)14(15-7-3)12-9-11(6-2)17-19(12)4/h9-10,14-15H,5-8H2,1-4H3. The number of hydrogen-bond donors (Lipinski definition) is 1. The molecule has 0 radical (unpaired) electrons. The van der Waals surface area contributed by atoms with Gasteiger partial charge in [-0.05, 0) is 25.5 Å². The van der Waals surface area contributed by atoms with E-state index in [0.717, 1.165) is 43.0 Å². The van der Waals surface area contributed by atoms with Crippen LogP contribution in [-0.4, -0.2) is 31.3 Å². The smallest absolute Gasteiger partial charge is 0.0935 e. The van der Waals surface area contributed by atoms with Crippen LogP contribution in [0.25, 0.3) is 0 Å². The van der Waals surface area contributed by atoms with E-state index in [2.05, 4.69) is 47.6 Å². The highest BCUT2D eigenvalue weighted by Crippen LogP contribution is 2.22. The molecule has 0 aliphatic carbocycles. The molecule has 2 aromatic heterocycles. The number of nitrogens with zero attached hydrogens (tertiary/aromatic N) is 5. The van der Waals surface area contributed by atoms with E-state index in [4.69, 9.17) is 0 Å². The van der Waals surface area contributed by atoms with Gasteiger partial charge >= 0.3 is 0 Å². The zero-order chi connectivity index (χ0) is 14.5. The normalized spacial score (nSPS) is 12.8. The Bertz CT molecular complexity index is 542. The molecule has 0 aromatic carbocycles. The molecule has 0 aliphatic rings. The third kappa shape index (κ3) is 2.90. The van der Waals surface area contributed by atoms with Gasteiger partial charge in [-0.2, -0.15) is 5.10 Å². The first-order valence-corrected chi connectivity index (χ1v) is 7.35. The van der Waals surface area contributed by atoms with Crippen LogP contribution < -0.4 is 5.32 Å². The lowest BCUT2D eigenvalue weighted by atomic mass is 10.1. The van der Waals surface area contributed by atoms with E-state index in [9.17, 15) is 0 Å². The van der Waals surface area contributed by atoms with Gasteiger partial charge in [0.1, 0.15) is 0 Å². The fraction of sp³-hybridized carbons (Fsp3) is 0.643. The molecule has 110 valence electrons. The minimum atomic E-state index is 0.0827. The Morgan fingerprint density at radius 2 is 2.05 bits per heavy atom. The van der Waals surface area contributed by atoms with Gasteiger partial charge in [0.05, 0.1) is 29.3 Å². The van der Waals surface area contributed by atoms with Gasteiger partial charge in [-0.15, -0.1) is 5.10 Å². The molecule has 0 amide bonds. The van der Waals surface area contributed by atoms with Crippen LogP contribution in [0.3, 0.4) is 0 Å². The van der Waals surface area contributed by atoms with Crippen molar-refractivity contribution in [3.63, 3.8) is 0 Å².